The molecule has 0 unspecified atom stereocenters. The molecule has 0 aliphatic carbocycles. The normalized spacial score (nSPS) is 19.9. The summed E-state index contributed by atoms with van der Waals surface area (Å²) in [6, 6.07) is -2.68. The number of likely N-dealkylation sites (tertiary alicyclic amines) is 1. The van der Waals surface area contributed by atoms with E-state index in [1.165, 1.54) is 16.9 Å². The van der Waals surface area contributed by atoms with E-state index in [-0.39, 0.29) is 18.4 Å². The van der Waals surface area contributed by atoms with Crippen LogP contribution in [0.2, 0.25) is 0 Å². The van der Waals surface area contributed by atoms with Gasteiger partial charge in [0.1, 0.15) is 17.7 Å². The van der Waals surface area contributed by atoms with Crippen LogP contribution in [0.3, 0.4) is 0 Å². The van der Waals surface area contributed by atoms with E-state index >= 15 is 0 Å². The third kappa shape index (κ3) is 9.23. The lowest BCUT2D eigenvalue weighted by Crippen LogP contribution is -2.61. The molecule has 4 amide bonds. The first-order chi connectivity index (χ1) is 16.7. The first-order valence-electron chi connectivity index (χ1n) is 12.7. The van der Waals surface area contributed by atoms with Gasteiger partial charge in [-0.2, -0.15) is 0 Å². The highest BCUT2D eigenvalue weighted by atomic mass is 16.6. The van der Waals surface area contributed by atoms with E-state index in [2.05, 4.69) is 17.2 Å². The summed E-state index contributed by atoms with van der Waals surface area (Å²) >= 11 is 0. The molecular weight excluding hydrogens is 476 g/mol. The predicted molar refractivity (Wildman–Crippen MR) is 143 cm³/mol. The SMILES string of the molecule is C=C[C@H]1CCN(C(=O)[C@@H](NC(=O)N[C@H](CN(C)C(=O)OC(C)(C)C)C(C)(C)C)C(C)(C)C)[C@@H]1C(=O)OC. The molecule has 0 saturated carbocycles. The van der Waals surface area contributed by atoms with Crippen LogP contribution in [0.4, 0.5) is 9.59 Å². The van der Waals surface area contributed by atoms with Crippen molar-refractivity contribution >= 4 is 24.0 Å². The van der Waals surface area contributed by atoms with Crippen molar-refractivity contribution in [2.45, 2.75) is 92.5 Å². The van der Waals surface area contributed by atoms with Crippen LogP contribution in [0.5, 0.6) is 0 Å². The monoisotopic (exact) mass is 524 g/mol. The summed E-state index contributed by atoms with van der Waals surface area (Å²) in [5, 5.41) is 5.77. The van der Waals surface area contributed by atoms with Crippen molar-refractivity contribution in [3.63, 3.8) is 0 Å². The largest absolute Gasteiger partial charge is 0.467 e. The van der Waals surface area contributed by atoms with Crippen LogP contribution >= 0.6 is 0 Å². The molecule has 10 heteroatoms. The minimum atomic E-state index is -0.910. The topological polar surface area (TPSA) is 117 Å². The Bertz CT molecular complexity index is 852. The highest BCUT2D eigenvalue weighted by molar-refractivity contribution is 5.91. The number of urea groups is 1. The number of nitrogens with one attached hydrogen (secondary N) is 2. The molecule has 2 N–H and O–H groups in total. The summed E-state index contributed by atoms with van der Waals surface area (Å²) < 4.78 is 10.4. The van der Waals surface area contributed by atoms with Crippen LogP contribution in [0.1, 0.15) is 68.7 Å². The van der Waals surface area contributed by atoms with Gasteiger partial charge >= 0.3 is 18.1 Å². The molecule has 0 aromatic rings. The van der Waals surface area contributed by atoms with Gasteiger partial charge in [0, 0.05) is 26.1 Å². The van der Waals surface area contributed by atoms with E-state index < -0.39 is 52.7 Å². The Kier molecular flexibility index (Phi) is 10.6. The molecule has 0 aromatic heterocycles. The van der Waals surface area contributed by atoms with Gasteiger partial charge in [-0.15, -0.1) is 6.58 Å². The van der Waals surface area contributed by atoms with Gasteiger partial charge in [0.2, 0.25) is 5.91 Å². The van der Waals surface area contributed by atoms with Crippen LogP contribution < -0.4 is 10.6 Å². The minimum absolute atomic E-state index is 0.206. The van der Waals surface area contributed by atoms with Crippen molar-refractivity contribution in [2.24, 2.45) is 16.7 Å². The zero-order chi connectivity index (χ0) is 28.9. The van der Waals surface area contributed by atoms with E-state index in [0.29, 0.717) is 13.0 Å². The number of hydrogen-bond acceptors (Lipinski definition) is 6. The van der Waals surface area contributed by atoms with E-state index in [9.17, 15) is 19.2 Å². The molecule has 0 radical (unpaired) electrons. The maximum atomic E-state index is 13.7. The summed E-state index contributed by atoms with van der Waals surface area (Å²) in [5.41, 5.74) is -1.70. The molecule has 0 bridgehead atoms. The summed E-state index contributed by atoms with van der Waals surface area (Å²) in [6.45, 7) is 21.1. The number of carbonyl (C=O) groups is 4. The second-order valence-corrected chi connectivity index (χ2v) is 12.9. The molecule has 1 aliphatic heterocycles. The maximum absolute atomic E-state index is 13.7. The first-order valence-corrected chi connectivity index (χ1v) is 12.7. The molecule has 0 spiro atoms. The Morgan fingerprint density at radius 1 is 1.03 bits per heavy atom. The second-order valence-electron chi connectivity index (χ2n) is 12.9. The zero-order valence-corrected chi connectivity index (χ0v) is 24.6. The lowest BCUT2D eigenvalue weighted by atomic mass is 9.85. The van der Waals surface area contributed by atoms with Gasteiger partial charge in [0.15, 0.2) is 0 Å². The summed E-state index contributed by atoms with van der Waals surface area (Å²) in [4.78, 5) is 54.8. The van der Waals surface area contributed by atoms with Crippen molar-refractivity contribution in [3.8, 4) is 0 Å². The molecule has 4 atom stereocenters. The average molecular weight is 525 g/mol. The van der Waals surface area contributed by atoms with Crippen LogP contribution in [-0.4, -0.2) is 84.8 Å². The molecule has 37 heavy (non-hydrogen) atoms. The van der Waals surface area contributed by atoms with Gasteiger partial charge in [0.05, 0.1) is 13.2 Å². The van der Waals surface area contributed by atoms with E-state index in [1.54, 1.807) is 33.9 Å². The molecule has 1 saturated heterocycles. The highest BCUT2D eigenvalue weighted by Crippen LogP contribution is 2.30. The molecular formula is C27H48N4O6. The number of rotatable bonds is 7. The maximum Gasteiger partial charge on any atom is 0.410 e. The number of amides is 4. The van der Waals surface area contributed by atoms with E-state index in [1.807, 2.05) is 41.5 Å². The minimum Gasteiger partial charge on any atom is -0.467 e. The summed E-state index contributed by atoms with van der Waals surface area (Å²) in [5.74, 6) is -1.09. The fraction of sp³-hybridized carbons (Fsp3) is 0.778. The lowest BCUT2D eigenvalue weighted by Gasteiger charge is -2.38. The molecule has 0 aromatic carbocycles. The van der Waals surface area contributed by atoms with Crippen molar-refractivity contribution in [2.75, 3.05) is 27.2 Å². The molecule has 1 fully saturated rings. The number of nitrogens with zero attached hydrogens (tertiary/aromatic N) is 2. The van der Waals surface area contributed by atoms with Crippen molar-refractivity contribution < 1.29 is 28.7 Å². The highest BCUT2D eigenvalue weighted by Gasteiger charge is 2.46. The number of carbonyl (C=O) groups excluding carboxylic acids is 4. The number of ether oxygens (including phenoxy) is 2. The second kappa shape index (κ2) is 12.2. The van der Waals surface area contributed by atoms with Crippen LogP contribution in [0, 0.1) is 16.7 Å². The first kappa shape index (κ1) is 32.2. The van der Waals surface area contributed by atoms with Gasteiger partial charge in [-0.25, -0.2) is 14.4 Å². The third-order valence-corrected chi connectivity index (χ3v) is 6.37. The lowest BCUT2D eigenvalue weighted by molar-refractivity contribution is -0.153. The predicted octanol–water partition coefficient (Wildman–Crippen LogP) is 3.56. The van der Waals surface area contributed by atoms with Gasteiger partial charge in [0.25, 0.3) is 0 Å². The fourth-order valence-corrected chi connectivity index (χ4v) is 4.10. The van der Waals surface area contributed by atoms with Gasteiger partial charge < -0.3 is 29.9 Å². The van der Waals surface area contributed by atoms with E-state index in [0.717, 1.165) is 0 Å². The smallest absolute Gasteiger partial charge is 0.410 e. The molecule has 1 heterocycles. The molecule has 1 rings (SSSR count). The quantitative estimate of drug-likeness (QED) is 0.389. The number of methoxy groups -OCH3 is 1. The van der Waals surface area contributed by atoms with Crippen LogP contribution in [0.25, 0.3) is 0 Å². The molecule has 10 nitrogen and oxygen atoms in total. The van der Waals surface area contributed by atoms with Crippen molar-refractivity contribution in [1.82, 2.24) is 20.4 Å². The fourth-order valence-electron chi connectivity index (χ4n) is 4.10. The summed E-state index contributed by atoms with van der Waals surface area (Å²) in [6.07, 6.45) is 1.75. The standard InChI is InChI=1S/C27H48N4O6/c1-13-17-14-15-31(19(17)22(33)36-12)21(32)20(26(5,6)7)29-23(34)28-18(25(2,3)4)16-30(11)24(35)37-27(8,9)10/h13,17-20H,1,14-16H2,2-12H3,(H2,28,29,34)/t17-,18+,19-,20+/m0/s1. The van der Waals surface area contributed by atoms with Crippen molar-refractivity contribution in [3.05, 3.63) is 12.7 Å². The number of likely N-dealkylation sites (N-methyl/N-ethyl adjacent to an activating group) is 1. The van der Waals surface area contributed by atoms with Gasteiger partial charge in [-0.05, 0) is 38.0 Å². The Morgan fingerprint density at radius 2 is 1.59 bits per heavy atom. The Balaban J connectivity index is 3.09. The third-order valence-electron chi connectivity index (χ3n) is 6.37. The molecule has 1 aliphatic rings. The number of hydrogen-bond donors (Lipinski definition) is 2. The van der Waals surface area contributed by atoms with Crippen LogP contribution in [-0.2, 0) is 19.1 Å². The Hall–Kier alpha value is -2.78. The van der Waals surface area contributed by atoms with Crippen LogP contribution in [0.15, 0.2) is 12.7 Å². The number of esters is 1. The summed E-state index contributed by atoms with van der Waals surface area (Å²) in [7, 11) is 2.90. The Labute approximate surface area is 222 Å². The Morgan fingerprint density at radius 3 is 2.03 bits per heavy atom. The van der Waals surface area contributed by atoms with Gasteiger partial charge in [-0.1, -0.05) is 47.6 Å². The molecule has 212 valence electrons. The van der Waals surface area contributed by atoms with E-state index in [4.69, 9.17) is 9.47 Å². The zero-order valence-electron chi connectivity index (χ0n) is 24.6. The average Bonchev–Trinajstić information content (AvgIpc) is 3.17. The van der Waals surface area contributed by atoms with Crippen molar-refractivity contribution in [1.29, 1.82) is 0 Å². The van der Waals surface area contributed by atoms with Gasteiger partial charge in [-0.3, -0.25) is 4.79 Å².